The second-order valence-corrected chi connectivity index (χ2v) is 5.96. The Kier molecular flexibility index (Phi) is 5.78. The number of carbonyl (C=O) groups excluding carboxylic acids is 1. The number of carbonyl (C=O) groups is 1. The van der Waals surface area contributed by atoms with Crippen LogP contribution in [-0.4, -0.2) is 25.7 Å². The van der Waals surface area contributed by atoms with Crippen molar-refractivity contribution in [3.63, 3.8) is 0 Å². The molecule has 0 spiro atoms. The molecule has 0 radical (unpaired) electrons. The molecule has 0 aromatic heterocycles. The summed E-state index contributed by atoms with van der Waals surface area (Å²) in [5, 5.41) is 2.92. The van der Waals surface area contributed by atoms with Crippen molar-refractivity contribution in [1.82, 2.24) is 0 Å². The Hall–Kier alpha value is -2.54. The summed E-state index contributed by atoms with van der Waals surface area (Å²) in [7, 11) is 0. The number of fused-ring (bicyclic) bond motifs is 1. The van der Waals surface area contributed by atoms with Gasteiger partial charge in [0.05, 0.1) is 30.3 Å². The third-order valence-electron chi connectivity index (χ3n) is 3.60. The van der Waals surface area contributed by atoms with Crippen LogP contribution in [0.15, 0.2) is 36.4 Å². The summed E-state index contributed by atoms with van der Waals surface area (Å²) in [5.41, 5.74) is 0.780. The number of ether oxygens (including phenoxy) is 3. The number of anilines is 1. The summed E-state index contributed by atoms with van der Waals surface area (Å²) in [4.78, 5) is 12.3. The SMILES string of the molecule is O=C(Cc1cc(Cl)c2c(c1)OCCCO2)Nc1ccccc1OC(F)F. The minimum absolute atomic E-state index is 0.0145. The molecule has 3 rings (SSSR count). The molecule has 8 heteroatoms. The van der Waals surface area contributed by atoms with Gasteiger partial charge in [-0.3, -0.25) is 4.79 Å². The van der Waals surface area contributed by atoms with Crippen LogP contribution in [0.2, 0.25) is 5.02 Å². The van der Waals surface area contributed by atoms with E-state index in [1.165, 1.54) is 18.2 Å². The topological polar surface area (TPSA) is 56.8 Å². The standard InChI is InChI=1S/C18H16ClF2NO4/c19-12-8-11(9-15-17(12)25-7-3-6-24-15)10-16(23)22-13-4-1-2-5-14(13)26-18(20)21/h1-2,4-5,8-9,18H,3,6-7,10H2,(H,22,23). The van der Waals surface area contributed by atoms with E-state index in [0.29, 0.717) is 35.3 Å². The van der Waals surface area contributed by atoms with Crippen LogP contribution in [-0.2, 0) is 11.2 Å². The Bertz CT molecular complexity index is 801. The highest BCUT2D eigenvalue weighted by molar-refractivity contribution is 6.32. The maximum Gasteiger partial charge on any atom is 0.387 e. The number of benzene rings is 2. The number of nitrogens with one attached hydrogen (secondary N) is 1. The summed E-state index contributed by atoms with van der Waals surface area (Å²) in [6.07, 6.45) is 0.723. The first-order chi connectivity index (χ1) is 12.5. The van der Waals surface area contributed by atoms with Gasteiger partial charge in [-0.25, -0.2) is 0 Å². The van der Waals surface area contributed by atoms with E-state index in [9.17, 15) is 13.6 Å². The number of rotatable bonds is 5. The Morgan fingerprint density at radius 3 is 2.81 bits per heavy atom. The predicted octanol–water partition coefficient (Wildman–Crippen LogP) is 4.28. The van der Waals surface area contributed by atoms with Crippen LogP contribution < -0.4 is 19.5 Å². The van der Waals surface area contributed by atoms with Gasteiger partial charge in [0.1, 0.15) is 5.75 Å². The molecule has 1 aliphatic heterocycles. The zero-order valence-electron chi connectivity index (χ0n) is 13.6. The lowest BCUT2D eigenvalue weighted by molar-refractivity contribution is -0.115. The van der Waals surface area contributed by atoms with E-state index in [1.807, 2.05) is 0 Å². The quantitative estimate of drug-likeness (QED) is 0.837. The van der Waals surface area contributed by atoms with Crippen molar-refractivity contribution in [1.29, 1.82) is 0 Å². The zero-order chi connectivity index (χ0) is 18.5. The van der Waals surface area contributed by atoms with Gasteiger partial charge in [0.15, 0.2) is 11.5 Å². The van der Waals surface area contributed by atoms with Gasteiger partial charge in [-0.05, 0) is 29.8 Å². The van der Waals surface area contributed by atoms with Crippen LogP contribution >= 0.6 is 11.6 Å². The third kappa shape index (κ3) is 4.54. The Morgan fingerprint density at radius 1 is 1.23 bits per heavy atom. The van der Waals surface area contributed by atoms with E-state index < -0.39 is 12.5 Å². The van der Waals surface area contributed by atoms with Gasteiger partial charge in [-0.2, -0.15) is 8.78 Å². The molecule has 0 unspecified atom stereocenters. The number of hydrogen-bond donors (Lipinski definition) is 1. The smallest absolute Gasteiger partial charge is 0.387 e. The average Bonchev–Trinajstić information content (AvgIpc) is 2.82. The van der Waals surface area contributed by atoms with Crippen molar-refractivity contribution in [2.24, 2.45) is 0 Å². The van der Waals surface area contributed by atoms with E-state index in [-0.39, 0.29) is 17.9 Å². The molecule has 1 amide bonds. The van der Waals surface area contributed by atoms with Crippen molar-refractivity contribution in [2.45, 2.75) is 19.5 Å². The van der Waals surface area contributed by atoms with Crippen LogP contribution in [0, 0.1) is 0 Å². The van der Waals surface area contributed by atoms with Crippen LogP contribution in [0.3, 0.4) is 0 Å². The number of alkyl halides is 2. The molecule has 138 valence electrons. The minimum atomic E-state index is -2.98. The van der Waals surface area contributed by atoms with Crippen molar-refractivity contribution >= 4 is 23.2 Å². The van der Waals surface area contributed by atoms with Crippen LogP contribution in [0.1, 0.15) is 12.0 Å². The summed E-state index contributed by atoms with van der Waals surface area (Å²) < 4.78 is 40.4. The van der Waals surface area contributed by atoms with E-state index in [0.717, 1.165) is 6.42 Å². The summed E-state index contributed by atoms with van der Waals surface area (Å²) in [5.74, 6) is 0.441. The van der Waals surface area contributed by atoms with Crippen LogP contribution in [0.25, 0.3) is 0 Å². The largest absolute Gasteiger partial charge is 0.489 e. The van der Waals surface area contributed by atoms with Gasteiger partial charge in [0.2, 0.25) is 5.91 Å². The van der Waals surface area contributed by atoms with E-state index in [1.54, 1.807) is 18.2 Å². The van der Waals surface area contributed by atoms with E-state index >= 15 is 0 Å². The fraction of sp³-hybridized carbons (Fsp3) is 0.278. The lowest BCUT2D eigenvalue weighted by Gasteiger charge is -2.13. The lowest BCUT2D eigenvalue weighted by Crippen LogP contribution is -2.16. The highest BCUT2D eigenvalue weighted by Crippen LogP contribution is 2.38. The molecule has 0 atom stereocenters. The van der Waals surface area contributed by atoms with Gasteiger partial charge < -0.3 is 19.5 Å². The molecule has 0 saturated heterocycles. The molecule has 1 N–H and O–H groups in total. The number of para-hydroxylation sites is 2. The average molecular weight is 384 g/mol. The van der Waals surface area contributed by atoms with Crippen molar-refractivity contribution < 1.29 is 27.8 Å². The Labute approximate surface area is 153 Å². The first kappa shape index (κ1) is 18.3. The monoisotopic (exact) mass is 383 g/mol. The van der Waals surface area contributed by atoms with Crippen molar-refractivity contribution in [2.75, 3.05) is 18.5 Å². The molecule has 0 fully saturated rings. The van der Waals surface area contributed by atoms with Crippen LogP contribution in [0.5, 0.6) is 17.2 Å². The minimum Gasteiger partial charge on any atom is -0.489 e. The number of amides is 1. The molecular weight excluding hydrogens is 368 g/mol. The summed E-state index contributed by atoms with van der Waals surface area (Å²) in [6.45, 7) is -1.97. The fourth-order valence-electron chi connectivity index (χ4n) is 2.53. The van der Waals surface area contributed by atoms with Gasteiger partial charge in [0.25, 0.3) is 0 Å². The van der Waals surface area contributed by atoms with E-state index in [4.69, 9.17) is 21.1 Å². The zero-order valence-corrected chi connectivity index (χ0v) is 14.4. The summed E-state index contributed by atoms with van der Waals surface area (Å²) in [6, 6.07) is 9.29. The second-order valence-electron chi connectivity index (χ2n) is 5.55. The molecule has 5 nitrogen and oxygen atoms in total. The highest BCUT2D eigenvalue weighted by Gasteiger charge is 2.17. The normalized spacial score (nSPS) is 13.2. The molecule has 2 aromatic rings. The molecule has 0 aliphatic carbocycles. The first-order valence-electron chi connectivity index (χ1n) is 7.94. The number of halogens is 3. The van der Waals surface area contributed by atoms with Gasteiger partial charge in [0, 0.05) is 6.42 Å². The van der Waals surface area contributed by atoms with Gasteiger partial charge in [-0.15, -0.1) is 0 Å². The molecule has 1 aliphatic rings. The predicted molar refractivity (Wildman–Crippen MR) is 92.5 cm³/mol. The number of hydrogen-bond acceptors (Lipinski definition) is 4. The van der Waals surface area contributed by atoms with Gasteiger partial charge >= 0.3 is 6.61 Å². The van der Waals surface area contributed by atoms with E-state index in [2.05, 4.69) is 10.1 Å². The Morgan fingerprint density at radius 2 is 2.00 bits per heavy atom. The lowest BCUT2D eigenvalue weighted by atomic mass is 10.1. The molecule has 1 heterocycles. The molecule has 2 aromatic carbocycles. The molecule has 0 saturated carbocycles. The van der Waals surface area contributed by atoms with Crippen LogP contribution in [0.4, 0.5) is 14.5 Å². The first-order valence-corrected chi connectivity index (χ1v) is 8.32. The Balaban J connectivity index is 1.73. The maximum atomic E-state index is 12.4. The highest BCUT2D eigenvalue weighted by atomic mass is 35.5. The second kappa shape index (κ2) is 8.23. The third-order valence-corrected chi connectivity index (χ3v) is 3.88. The van der Waals surface area contributed by atoms with Crippen molar-refractivity contribution in [3.8, 4) is 17.2 Å². The molecule has 26 heavy (non-hydrogen) atoms. The van der Waals surface area contributed by atoms with Crippen molar-refractivity contribution in [3.05, 3.63) is 47.0 Å². The molecule has 0 bridgehead atoms. The summed E-state index contributed by atoms with van der Waals surface area (Å²) >= 11 is 6.21. The fourth-order valence-corrected chi connectivity index (χ4v) is 2.82. The van der Waals surface area contributed by atoms with Gasteiger partial charge in [-0.1, -0.05) is 23.7 Å². The molecular formula is C18H16ClF2NO4. The maximum absolute atomic E-state index is 12.4.